The maximum atomic E-state index is 11.9. The SMILES string of the molecule is Cn1ncc(C(=O)c2ccc(Br)o2)c1Br. The number of ketones is 1. The van der Waals surface area contributed by atoms with Crippen LogP contribution in [-0.2, 0) is 7.05 Å². The molecule has 0 amide bonds. The van der Waals surface area contributed by atoms with E-state index in [0.29, 0.717) is 14.8 Å². The van der Waals surface area contributed by atoms with E-state index in [0.717, 1.165) is 0 Å². The molecule has 0 bridgehead atoms. The maximum absolute atomic E-state index is 11.9. The van der Waals surface area contributed by atoms with Crippen LogP contribution in [0.25, 0.3) is 0 Å². The van der Waals surface area contributed by atoms with E-state index in [9.17, 15) is 4.79 Å². The van der Waals surface area contributed by atoms with Crippen LogP contribution >= 0.6 is 31.9 Å². The van der Waals surface area contributed by atoms with Crippen molar-refractivity contribution in [2.45, 2.75) is 0 Å². The Kier molecular flexibility index (Phi) is 2.79. The molecule has 0 unspecified atom stereocenters. The lowest BCUT2D eigenvalue weighted by Crippen LogP contribution is -1.99. The van der Waals surface area contributed by atoms with Crippen molar-refractivity contribution < 1.29 is 9.21 Å². The number of hydrogen-bond acceptors (Lipinski definition) is 3. The fourth-order valence-electron chi connectivity index (χ4n) is 1.14. The number of nitrogens with zero attached hydrogens (tertiary/aromatic N) is 2. The first kappa shape index (κ1) is 10.6. The third-order valence-corrected chi connectivity index (χ3v) is 3.27. The van der Waals surface area contributed by atoms with Gasteiger partial charge in [0.25, 0.3) is 0 Å². The Balaban J connectivity index is 2.41. The standard InChI is InChI=1S/C9H6Br2N2O2/c1-13-9(11)5(4-12-13)8(14)6-2-3-7(10)15-6/h2-4H,1H3. The van der Waals surface area contributed by atoms with Crippen LogP contribution in [0.1, 0.15) is 16.1 Å². The first-order valence-electron chi connectivity index (χ1n) is 4.07. The molecule has 15 heavy (non-hydrogen) atoms. The molecule has 0 aliphatic rings. The Bertz CT molecular complexity index is 516. The molecular formula is C9H6Br2N2O2. The van der Waals surface area contributed by atoms with Crippen LogP contribution < -0.4 is 0 Å². The summed E-state index contributed by atoms with van der Waals surface area (Å²) in [6.45, 7) is 0. The average molecular weight is 334 g/mol. The molecule has 0 atom stereocenters. The van der Waals surface area contributed by atoms with Gasteiger partial charge in [-0.25, -0.2) is 0 Å². The van der Waals surface area contributed by atoms with Crippen molar-refractivity contribution >= 4 is 37.6 Å². The highest BCUT2D eigenvalue weighted by Gasteiger charge is 2.18. The van der Waals surface area contributed by atoms with Gasteiger partial charge in [0.1, 0.15) is 4.60 Å². The Labute approximate surface area is 103 Å². The maximum Gasteiger partial charge on any atom is 0.232 e. The summed E-state index contributed by atoms with van der Waals surface area (Å²) in [6.07, 6.45) is 1.50. The molecule has 0 fully saturated rings. The molecule has 0 radical (unpaired) electrons. The molecule has 2 rings (SSSR count). The van der Waals surface area contributed by atoms with E-state index in [1.807, 2.05) is 0 Å². The zero-order chi connectivity index (χ0) is 11.0. The van der Waals surface area contributed by atoms with Gasteiger partial charge in [0, 0.05) is 7.05 Å². The Hall–Kier alpha value is -0.880. The van der Waals surface area contributed by atoms with E-state index in [4.69, 9.17) is 4.42 Å². The van der Waals surface area contributed by atoms with Gasteiger partial charge in [-0.2, -0.15) is 5.10 Å². The van der Waals surface area contributed by atoms with Crippen molar-refractivity contribution in [1.29, 1.82) is 0 Å². The van der Waals surface area contributed by atoms with Crippen molar-refractivity contribution in [3.63, 3.8) is 0 Å². The van der Waals surface area contributed by atoms with Crippen LogP contribution in [0.15, 0.2) is 32.0 Å². The number of rotatable bonds is 2. The number of halogens is 2. The zero-order valence-electron chi connectivity index (χ0n) is 7.70. The molecule has 0 spiro atoms. The molecule has 4 nitrogen and oxygen atoms in total. The predicted octanol–water partition coefficient (Wildman–Crippen LogP) is 2.77. The second-order valence-corrected chi connectivity index (χ2v) is 4.44. The van der Waals surface area contributed by atoms with Crippen LogP contribution in [0.3, 0.4) is 0 Å². The quantitative estimate of drug-likeness (QED) is 0.794. The summed E-state index contributed by atoms with van der Waals surface area (Å²) in [5.74, 6) is 0.0938. The van der Waals surface area contributed by atoms with E-state index in [2.05, 4.69) is 37.0 Å². The third-order valence-electron chi connectivity index (χ3n) is 1.91. The molecular weight excluding hydrogens is 328 g/mol. The Morgan fingerprint density at radius 1 is 1.47 bits per heavy atom. The molecule has 0 aliphatic heterocycles. The molecule has 0 saturated heterocycles. The highest BCUT2D eigenvalue weighted by molar-refractivity contribution is 9.10. The van der Waals surface area contributed by atoms with Gasteiger partial charge in [-0.05, 0) is 44.0 Å². The van der Waals surface area contributed by atoms with Crippen LogP contribution in [0.5, 0.6) is 0 Å². The monoisotopic (exact) mass is 332 g/mol. The minimum absolute atomic E-state index is 0.194. The zero-order valence-corrected chi connectivity index (χ0v) is 10.9. The fraction of sp³-hybridized carbons (Fsp3) is 0.111. The molecule has 2 aromatic heterocycles. The number of aryl methyl sites for hydroxylation is 1. The third kappa shape index (κ3) is 1.91. The summed E-state index contributed by atoms with van der Waals surface area (Å²) in [4.78, 5) is 11.9. The molecule has 0 aromatic carbocycles. The van der Waals surface area contributed by atoms with Crippen LogP contribution in [0, 0.1) is 0 Å². The number of hydrogen-bond donors (Lipinski definition) is 0. The van der Waals surface area contributed by atoms with Crippen LogP contribution in [0.2, 0.25) is 0 Å². The fourth-order valence-corrected chi connectivity index (χ4v) is 1.82. The summed E-state index contributed by atoms with van der Waals surface area (Å²) >= 11 is 6.43. The smallest absolute Gasteiger partial charge is 0.232 e. The minimum Gasteiger partial charge on any atom is -0.446 e. The molecule has 0 N–H and O–H groups in total. The lowest BCUT2D eigenvalue weighted by molar-refractivity contribution is 0.101. The molecule has 2 aromatic rings. The van der Waals surface area contributed by atoms with Gasteiger partial charge in [0.15, 0.2) is 10.4 Å². The van der Waals surface area contributed by atoms with Crippen molar-refractivity contribution in [3.8, 4) is 0 Å². The molecule has 6 heteroatoms. The largest absolute Gasteiger partial charge is 0.446 e. The van der Waals surface area contributed by atoms with Crippen LogP contribution in [0.4, 0.5) is 0 Å². The van der Waals surface area contributed by atoms with Crippen molar-refractivity contribution in [3.05, 3.63) is 38.9 Å². The van der Waals surface area contributed by atoms with Gasteiger partial charge in [0.2, 0.25) is 5.78 Å². The van der Waals surface area contributed by atoms with Gasteiger partial charge in [-0.3, -0.25) is 9.48 Å². The predicted molar refractivity (Wildman–Crippen MR) is 60.7 cm³/mol. The van der Waals surface area contributed by atoms with Crippen LogP contribution in [-0.4, -0.2) is 15.6 Å². The first-order valence-corrected chi connectivity index (χ1v) is 5.65. The summed E-state index contributed by atoms with van der Waals surface area (Å²) in [5.41, 5.74) is 0.486. The van der Waals surface area contributed by atoms with E-state index in [1.165, 1.54) is 6.20 Å². The van der Waals surface area contributed by atoms with E-state index in [1.54, 1.807) is 23.9 Å². The molecule has 0 aliphatic carbocycles. The second-order valence-electron chi connectivity index (χ2n) is 2.91. The highest BCUT2D eigenvalue weighted by atomic mass is 79.9. The van der Waals surface area contributed by atoms with Crippen molar-refractivity contribution in [2.24, 2.45) is 7.05 Å². The van der Waals surface area contributed by atoms with Gasteiger partial charge >= 0.3 is 0 Å². The normalized spacial score (nSPS) is 10.6. The summed E-state index contributed by atoms with van der Waals surface area (Å²) in [5, 5.41) is 3.97. The summed E-state index contributed by atoms with van der Waals surface area (Å²) in [6, 6.07) is 3.30. The topological polar surface area (TPSA) is 48.0 Å². The lowest BCUT2D eigenvalue weighted by Gasteiger charge is -1.95. The van der Waals surface area contributed by atoms with Gasteiger partial charge in [-0.15, -0.1) is 0 Å². The van der Waals surface area contributed by atoms with E-state index < -0.39 is 0 Å². The average Bonchev–Trinajstić information content (AvgIpc) is 2.75. The Morgan fingerprint density at radius 3 is 2.67 bits per heavy atom. The van der Waals surface area contributed by atoms with E-state index >= 15 is 0 Å². The van der Waals surface area contributed by atoms with Crippen molar-refractivity contribution in [1.82, 2.24) is 9.78 Å². The van der Waals surface area contributed by atoms with Gasteiger partial charge in [-0.1, -0.05) is 0 Å². The Morgan fingerprint density at radius 2 is 2.20 bits per heavy atom. The summed E-state index contributed by atoms with van der Waals surface area (Å²) in [7, 11) is 1.75. The molecule has 2 heterocycles. The minimum atomic E-state index is -0.194. The highest BCUT2D eigenvalue weighted by Crippen LogP contribution is 2.21. The van der Waals surface area contributed by atoms with E-state index in [-0.39, 0.29) is 11.5 Å². The molecule has 78 valence electrons. The number of carbonyl (C=O) groups is 1. The number of carbonyl (C=O) groups excluding carboxylic acids is 1. The number of furan rings is 1. The second kappa shape index (κ2) is 3.94. The summed E-state index contributed by atoms with van der Waals surface area (Å²) < 4.78 is 7.92. The molecule has 0 saturated carbocycles. The number of aromatic nitrogens is 2. The van der Waals surface area contributed by atoms with Gasteiger partial charge < -0.3 is 4.42 Å². The van der Waals surface area contributed by atoms with Crippen molar-refractivity contribution in [2.75, 3.05) is 0 Å². The lowest BCUT2D eigenvalue weighted by atomic mass is 10.2. The van der Waals surface area contributed by atoms with Gasteiger partial charge in [0.05, 0.1) is 11.8 Å². The first-order chi connectivity index (χ1) is 7.09.